The maximum absolute atomic E-state index is 12.7. The zero-order valence-corrected chi connectivity index (χ0v) is 15.8. The molecule has 0 aromatic heterocycles. The second kappa shape index (κ2) is 8.55. The molecule has 1 saturated heterocycles. The largest absolute Gasteiger partial charge is 0.416 e. The maximum Gasteiger partial charge on any atom is 0.416 e. The Hall–Kier alpha value is -1.36. The average molecular weight is 416 g/mol. The topological polar surface area (TPSA) is 78.5 Å². The van der Waals surface area contributed by atoms with E-state index in [2.05, 4.69) is 10.0 Å². The first-order valence-electron chi connectivity index (χ1n) is 7.72. The first-order valence-corrected chi connectivity index (χ1v) is 9.20. The van der Waals surface area contributed by atoms with E-state index in [-0.39, 0.29) is 24.5 Å². The fraction of sp³-hybridized carbons (Fsp3) is 0.533. The maximum atomic E-state index is 12.7. The first kappa shape index (κ1) is 22.7. The molecule has 2 unspecified atom stereocenters. The summed E-state index contributed by atoms with van der Waals surface area (Å²) < 4.78 is 64.6. The van der Waals surface area contributed by atoms with Crippen LogP contribution in [0.2, 0.25) is 0 Å². The van der Waals surface area contributed by atoms with Crippen molar-refractivity contribution in [2.24, 2.45) is 0 Å². The van der Waals surface area contributed by atoms with Crippen molar-refractivity contribution in [1.29, 1.82) is 0 Å². The van der Waals surface area contributed by atoms with Gasteiger partial charge in [0.1, 0.15) is 0 Å². The summed E-state index contributed by atoms with van der Waals surface area (Å²) in [5.41, 5.74) is -1.06. The van der Waals surface area contributed by atoms with Gasteiger partial charge in [-0.15, -0.1) is 12.4 Å². The molecule has 0 aliphatic carbocycles. The van der Waals surface area contributed by atoms with Crippen LogP contribution in [0.3, 0.4) is 0 Å². The number of halogens is 4. The molecule has 2 N–H and O–H groups in total. The minimum Gasteiger partial charge on any atom is -0.336 e. The van der Waals surface area contributed by atoms with Crippen LogP contribution in [0.4, 0.5) is 13.2 Å². The summed E-state index contributed by atoms with van der Waals surface area (Å²) in [5.74, 6) is -0.420. The fourth-order valence-corrected chi connectivity index (χ4v) is 3.61. The number of benzene rings is 1. The third-order valence-electron chi connectivity index (χ3n) is 4.24. The van der Waals surface area contributed by atoms with E-state index in [4.69, 9.17) is 0 Å². The highest BCUT2D eigenvalue weighted by atomic mass is 35.5. The number of hydrogen-bond donors (Lipinski definition) is 2. The van der Waals surface area contributed by atoms with Gasteiger partial charge < -0.3 is 10.2 Å². The van der Waals surface area contributed by atoms with E-state index in [0.717, 1.165) is 18.2 Å². The van der Waals surface area contributed by atoms with Crippen LogP contribution in [-0.4, -0.2) is 50.9 Å². The van der Waals surface area contributed by atoms with Crippen LogP contribution in [0, 0.1) is 0 Å². The highest BCUT2D eigenvalue weighted by Gasteiger charge is 2.32. The number of piperazine rings is 1. The summed E-state index contributed by atoms with van der Waals surface area (Å²) in [6.45, 7) is 4.29. The van der Waals surface area contributed by atoms with Crippen molar-refractivity contribution in [3.8, 4) is 0 Å². The predicted octanol–water partition coefficient (Wildman–Crippen LogP) is 1.61. The summed E-state index contributed by atoms with van der Waals surface area (Å²) >= 11 is 0. The second-order valence-corrected chi connectivity index (χ2v) is 7.69. The normalized spacial score (nSPS) is 21.2. The molecule has 1 fully saturated rings. The predicted molar refractivity (Wildman–Crippen MR) is 92.5 cm³/mol. The summed E-state index contributed by atoms with van der Waals surface area (Å²) in [4.78, 5) is 13.3. The highest BCUT2D eigenvalue weighted by Crippen LogP contribution is 2.30. The lowest BCUT2D eigenvalue weighted by molar-refractivity contribution is -0.137. The summed E-state index contributed by atoms with van der Waals surface area (Å²) in [6, 6.07) is 3.35. The molecule has 1 aliphatic heterocycles. The number of rotatable bonds is 4. The zero-order valence-electron chi connectivity index (χ0n) is 14.2. The van der Waals surface area contributed by atoms with Gasteiger partial charge in [0.15, 0.2) is 0 Å². The Morgan fingerprint density at radius 1 is 1.35 bits per heavy atom. The van der Waals surface area contributed by atoms with Gasteiger partial charge >= 0.3 is 6.18 Å². The van der Waals surface area contributed by atoms with Crippen LogP contribution in [0.25, 0.3) is 0 Å². The Morgan fingerprint density at radius 2 is 2.00 bits per heavy atom. The van der Waals surface area contributed by atoms with E-state index >= 15 is 0 Å². The number of hydrogen-bond acceptors (Lipinski definition) is 4. The molecule has 0 spiro atoms. The molecule has 6 nitrogen and oxygen atoms in total. The third-order valence-corrected chi connectivity index (χ3v) is 5.64. The van der Waals surface area contributed by atoms with Crippen molar-refractivity contribution in [2.45, 2.75) is 37.0 Å². The van der Waals surface area contributed by atoms with E-state index in [9.17, 15) is 26.4 Å². The Morgan fingerprint density at radius 3 is 2.62 bits per heavy atom. The van der Waals surface area contributed by atoms with Crippen molar-refractivity contribution >= 4 is 28.3 Å². The van der Waals surface area contributed by atoms with Crippen molar-refractivity contribution < 1.29 is 26.4 Å². The molecule has 0 saturated carbocycles. The number of nitrogens with one attached hydrogen (secondary N) is 2. The minimum atomic E-state index is -4.65. The molecular formula is C15H21ClF3N3O3S. The molecule has 1 aromatic carbocycles. The standard InChI is InChI=1S/C15H20F3N3O3S.ClH/c1-10-11(2)21(7-6-19-10)14(22)9-20-25(23,24)13-5-3-4-12(8-13)15(16,17)18;/h3-5,8,10-11,19-20H,6-7,9H2,1-2H3;1H. The van der Waals surface area contributed by atoms with Crippen LogP contribution in [-0.2, 0) is 21.0 Å². The van der Waals surface area contributed by atoms with Crippen LogP contribution in [0.1, 0.15) is 19.4 Å². The summed E-state index contributed by atoms with van der Waals surface area (Å²) in [6.07, 6.45) is -4.65. The lowest BCUT2D eigenvalue weighted by Gasteiger charge is -2.38. The molecule has 0 radical (unpaired) electrons. The van der Waals surface area contributed by atoms with Gasteiger partial charge in [-0.1, -0.05) is 6.07 Å². The number of carbonyl (C=O) groups is 1. The van der Waals surface area contributed by atoms with Gasteiger partial charge in [0.2, 0.25) is 15.9 Å². The number of sulfonamides is 1. The monoisotopic (exact) mass is 415 g/mol. The minimum absolute atomic E-state index is 0. The zero-order chi connectivity index (χ0) is 18.8. The van der Waals surface area contributed by atoms with E-state index in [1.165, 1.54) is 0 Å². The average Bonchev–Trinajstić information content (AvgIpc) is 2.54. The van der Waals surface area contributed by atoms with E-state index in [0.29, 0.717) is 19.2 Å². The van der Waals surface area contributed by atoms with Gasteiger partial charge in [-0.05, 0) is 32.0 Å². The molecule has 2 atom stereocenters. The summed E-state index contributed by atoms with van der Waals surface area (Å²) in [5, 5.41) is 3.20. The van der Waals surface area contributed by atoms with Crippen LogP contribution in [0.15, 0.2) is 29.2 Å². The molecule has 1 heterocycles. The molecule has 11 heteroatoms. The number of alkyl halides is 3. The molecule has 1 amide bonds. The summed E-state index contributed by atoms with van der Waals surface area (Å²) in [7, 11) is -4.22. The van der Waals surface area contributed by atoms with Crippen molar-refractivity contribution in [3.63, 3.8) is 0 Å². The number of carbonyl (C=O) groups excluding carboxylic acids is 1. The van der Waals surface area contributed by atoms with Gasteiger partial charge in [-0.3, -0.25) is 4.79 Å². The molecule has 26 heavy (non-hydrogen) atoms. The molecule has 0 bridgehead atoms. The van der Waals surface area contributed by atoms with Gasteiger partial charge in [-0.2, -0.15) is 13.2 Å². The van der Waals surface area contributed by atoms with E-state index < -0.39 is 39.1 Å². The molecule has 1 aromatic rings. The third kappa shape index (κ3) is 5.32. The lowest BCUT2D eigenvalue weighted by Crippen LogP contribution is -2.58. The van der Waals surface area contributed by atoms with E-state index in [1.54, 1.807) is 4.90 Å². The highest BCUT2D eigenvalue weighted by molar-refractivity contribution is 7.89. The molecule has 148 valence electrons. The van der Waals surface area contributed by atoms with E-state index in [1.807, 2.05) is 13.8 Å². The second-order valence-electron chi connectivity index (χ2n) is 5.92. The first-order chi connectivity index (χ1) is 11.5. The smallest absolute Gasteiger partial charge is 0.336 e. The van der Waals surface area contributed by atoms with Crippen LogP contribution in [0.5, 0.6) is 0 Å². The van der Waals surface area contributed by atoms with Gasteiger partial charge in [-0.25, -0.2) is 13.1 Å². The Kier molecular flexibility index (Phi) is 7.46. The molecule has 1 aliphatic rings. The van der Waals surface area contributed by atoms with Gasteiger partial charge in [0.25, 0.3) is 0 Å². The van der Waals surface area contributed by atoms with Crippen molar-refractivity contribution in [2.75, 3.05) is 19.6 Å². The molecular weight excluding hydrogens is 395 g/mol. The van der Waals surface area contributed by atoms with Crippen molar-refractivity contribution in [1.82, 2.24) is 14.9 Å². The Labute approximate surface area is 156 Å². The van der Waals surface area contributed by atoms with Crippen LogP contribution >= 0.6 is 12.4 Å². The Bertz CT molecular complexity index is 743. The van der Waals surface area contributed by atoms with Gasteiger partial charge in [0.05, 0.1) is 17.0 Å². The van der Waals surface area contributed by atoms with Gasteiger partial charge in [0, 0.05) is 25.2 Å². The lowest BCUT2D eigenvalue weighted by atomic mass is 10.1. The Balaban J connectivity index is 0.00000338. The fourth-order valence-electron chi connectivity index (χ4n) is 2.59. The molecule has 2 rings (SSSR count). The number of amides is 1. The number of nitrogens with zero attached hydrogens (tertiary/aromatic N) is 1. The quantitative estimate of drug-likeness (QED) is 0.783. The van der Waals surface area contributed by atoms with Crippen molar-refractivity contribution in [3.05, 3.63) is 29.8 Å². The van der Waals surface area contributed by atoms with Crippen LogP contribution < -0.4 is 10.0 Å². The SMILES string of the molecule is CC1NCCN(C(=O)CNS(=O)(=O)c2cccc(C(F)(F)F)c2)C1C.Cl.